The van der Waals surface area contributed by atoms with E-state index in [1.54, 1.807) is 18.2 Å². The number of anilines is 1. The van der Waals surface area contributed by atoms with Crippen LogP contribution in [0.1, 0.15) is 20.3 Å². The lowest BCUT2D eigenvalue weighted by molar-refractivity contribution is 0.212. The fraction of sp³-hybridized carbons (Fsp3) is 0.538. The Bertz CT molecular complexity index is 554. The summed E-state index contributed by atoms with van der Waals surface area (Å²) in [6.45, 7) is 5.27. The molecule has 0 aliphatic carbocycles. The molecular weight excluding hydrogens is 284 g/mol. The molecule has 0 amide bonds. The summed E-state index contributed by atoms with van der Waals surface area (Å²) >= 11 is 6.01. The zero-order valence-corrected chi connectivity index (χ0v) is 12.7. The van der Waals surface area contributed by atoms with Crippen molar-refractivity contribution in [1.82, 2.24) is 4.31 Å². The van der Waals surface area contributed by atoms with Crippen molar-refractivity contribution < 1.29 is 8.42 Å². The number of nitrogens with two attached hydrogens (primary N) is 1. The Kier molecular flexibility index (Phi) is 4.08. The molecule has 0 radical (unpaired) electrons. The molecule has 1 aromatic carbocycles. The third-order valence-corrected chi connectivity index (χ3v) is 6.30. The van der Waals surface area contributed by atoms with Gasteiger partial charge < -0.3 is 5.73 Å². The van der Waals surface area contributed by atoms with E-state index in [0.29, 0.717) is 24.9 Å². The van der Waals surface area contributed by atoms with Crippen molar-refractivity contribution in [3.63, 3.8) is 0 Å². The van der Waals surface area contributed by atoms with E-state index in [-0.39, 0.29) is 15.6 Å². The first-order valence-corrected chi connectivity index (χ1v) is 8.20. The van der Waals surface area contributed by atoms with Gasteiger partial charge in [0.15, 0.2) is 0 Å². The lowest BCUT2D eigenvalue weighted by atomic mass is 9.90. The van der Waals surface area contributed by atoms with Gasteiger partial charge in [-0.25, -0.2) is 8.42 Å². The average Bonchev–Trinajstić information content (AvgIpc) is 2.32. The number of rotatable bonds is 2. The highest BCUT2D eigenvalue weighted by atomic mass is 35.5. The summed E-state index contributed by atoms with van der Waals surface area (Å²) in [6.07, 6.45) is 0.866. The molecule has 106 valence electrons. The smallest absolute Gasteiger partial charge is 0.246 e. The lowest BCUT2D eigenvalue weighted by Crippen LogP contribution is -2.42. The molecule has 1 saturated heterocycles. The van der Waals surface area contributed by atoms with Crippen molar-refractivity contribution in [2.45, 2.75) is 25.2 Å². The van der Waals surface area contributed by atoms with Gasteiger partial charge in [0.1, 0.15) is 4.90 Å². The Labute approximate surface area is 119 Å². The van der Waals surface area contributed by atoms with Crippen LogP contribution in [0.25, 0.3) is 0 Å². The molecule has 0 spiro atoms. The maximum Gasteiger partial charge on any atom is 0.246 e. The number of hydrogen-bond acceptors (Lipinski definition) is 3. The van der Waals surface area contributed by atoms with E-state index >= 15 is 0 Å². The fourth-order valence-corrected chi connectivity index (χ4v) is 4.56. The normalized spacial score (nSPS) is 25.4. The molecule has 1 fully saturated rings. The van der Waals surface area contributed by atoms with E-state index in [0.717, 1.165) is 6.42 Å². The van der Waals surface area contributed by atoms with Crippen LogP contribution in [0, 0.1) is 11.8 Å². The van der Waals surface area contributed by atoms with Gasteiger partial charge in [-0.1, -0.05) is 31.5 Å². The number of benzene rings is 1. The number of nitrogen functional groups attached to an aromatic ring is 1. The monoisotopic (exact) mass is 302 g/mol. The topological polar surface area (TPSA) is 63.4 Å². The van der Waals surface area contributed by atoms with Crippen LogP contribution < -0.4 is 5.73 Å². The summed E-state index contributed by atoms with van der Waals surface area (Å²) in [4.78, 5) is 0.0402. The Morgan fingerprint density at radius 1 is 1.32 bits per heavy atom. The van der Waals surface area contributed by atoms with Gasteiger partial charge in [0.25, 0.3) is 0 Å². The van der Waals surface area contributed by atoms with Crippen molar-refractivity contribution in [1.29, 1.82) is 0 Å². The summed E-state index contributed by atoms with van der Waals surface area (Å²) in [7, 11) is -3.60. The number of halogens is 1. The van der Waals surface area contributed by atoms with Crippen molar-refractivity contribution in [3.05, 3.63) is 23.2 Å². The molecule has 1 aromatic rings. The second-order valence-electron chi connectivity index (χ2n) is 5.26. The maximum absolute atomic E-state index is 12.6. The number of hydrogen-bond donors (Lipinski definition) is 1. The SMILES string of the molecule is CC1CCN(S(=O)(=O)c2c(N)cccc2Cl)CC1C. The van der Waals surface area contributed by atoms with Crippen LogP contribution in [0.4, 0.5) is 5.69 Å². The highest BCUT2D eigenvalue weighted by molar-refractivity contribution is 7.89. The first-order valence-electron chi connectivity index (χ1n) is 6.38. The first kappa shape index (κ1) is 14.6. The first-order chi connectivity index (χ1) is 8.84. The van der Waals surface area contributed by atoms with Gasteiger partial charge in [0, 0.05) is 13.1 Å². The zero-order chi connectivity index (χ0) is 14.2. The van der Waals surface area contributed by atoms with Crippen molar-refractivity contribution in [2.24, 2.45) is 11.8 Å². The zero-order valence-electron chi connectivity index (χ0n) is 11.1. The summed E-state index contributed by atoms with van der Waals surface area (Å²) in [6, 6.07) is 4.77. The van der Waals surface area contributed by atoms with E-state index in [1.165, 1.54) is 4.31 Å². The molecule has 0 aromatic heterocycles. The maximum atomic E-state index is 12.6. The summed E-state index contributed by atoms with van der Waals surface area (Å²) < 4.78 is 26.8. The molecule has 2 unspecified atom stereocenters. The van der Waals surface area contributed by atoms with E-state index in [2.05, 4.69) is 13.8 Å². The van der Waals surface area contributed by atoms with Gasteiger partial charge >= 0.3 is 0 Å². The minimum Gasteiger partial charge on any atom is -0.398 e. The molecule has 0 bridgehead atoms. The largest absolute Gasteiger partial charge is 0.398 e. The summed E-state index contributed by atoms with van der Waals surface area (Å²) in [5.74, 6) is 0.877. The van der Waals surface area contributed by atoms with Crippen LogP contribution in [0.5, 0.6) is 0 Å². The van der Waals surface area contributed by atoms with Crippen molar-refractivity contribution in [2.75, 3.05) is 18.8 Å². The Balaban J connectivity index is 2.38. The molecule has 1 heterocycles. The number of piperidine rings is 1. The highest BCUT2D eigenvalue weighted by Gasteiger charge is 2.33. The molecule has 2 rings (SSSR count). The lowest BCUT2D eigenvalue weighted by Gasteiger charge is -2.34. The third kappa shape index (κ3) is 2.73. The van der Waals surface area contributed by atoms with Gasteiger partial charge in [-0.15, -0.1) is 0 Å². The summed E-state index contributed by atoms with van der Waals surface area (Å²) in [5.41, 5.74) is 5.99. The molecular formula is C13H19ClN2O2S. The molecule has 19 heavy (non-hydrogen) atoms. The van der Waals surface area contributed by atoms with E-state index in [4.69, 9.17) is 17.3 Å². The predicted octanol–water partition coefficient (Wildman–Crippen LogP) is 2.59. The number of sulfonamides is 1. The molecule has 2 atom stereocenters. The fourth-order valence-electron chi connectivity index (χ4n) is 2.37. The van der Waals surface area contributed by atoms with Gasteiger partial charge in [-0.3, -0.25) is 0 Å². The minimum absolute atomic E-state index is 0.0402. The molecule has 4 nitrogen and oxygen atoms in total. The predicted molar refractivity (Wildman–Crippen MR) is 77.6 cm³/mol. The molecule has 2 N–H and O–H groups in total. The summed E-state index contributed by atoms with van der Waals surface area (Å²) in [5, 5.41) is 0.186. The molecule has 1 aliphatic rings. The van der Waals surface area contributed by atoms with Crippen LogP contribution in [0.3, 0.4) is 0 Å². The van der Waals surface area contributed by atoms with Gasteiger partial charge in [-0.05, 0) is 30.4 Å². The van der Waals surface area contributed by atoms with Gasteiger partial charge in [-0.2, -0.15) is 4.31 Å². The number of nitrogens with zero attached hydrogens (tertiary/aromatic N) is 1. The van der Waals surface area contributed by atoms with E-state index < -0.39 is 10.0 Å². The van der Waals surface area contributed by atoms with E-state index in [9.17, 15) is 8.42 Å². The quantitative estimate of drug-likeness (QED) is 0.854. The van der Waals surface area contributed by atoms with Crippen LogP contribution >= 0.6 is 11.6 Å². The van der Waals surface area contributed by atoms with Crippen molar-refractivity contribution in [3.8, 4) is 0 Å². The van der Waals surface area contributed by atoms with E-state index in [1.807, 2.05) is 0 Å². The molecule has 0 saturated carbocycles. The Morgan fingerprint density at radius 2 is 2.00 bits per heavy atom. The molecule has 1 aliphatic heterocycles. The van der Waals surface area contributed by atoms with Crippen LogP contribution in [-0.2, 0) is 10.0 Å². The van der Waals surface area contributed by atoms with Crippen LogP contribution in [0.15, 0.2) is 23.1 Å². The van der Waals surface area contributed by atoms with Gasteiger partial charge in [0.05, 0.1) is 10.7 Å². The third-order valence-electron chi connectivity index (χ3n) is 3.89. The Hall–Kier alpha value is -0.780. The van der Waals surface area contributed by atoms with Crippen LogP contribution in [0.2, 0.25) is 5.02 Å². The minimum atomic E-state index is -3.60. The highest BCUT2D eigenvalue weighted by Crippen LogP contribution is 2.33. The van der Waals surface area contributed by atoms with Gasteiger partial charge in [0.2, 0.25) is 10.0 Å². The second-order valence-corrected chi connectivity index (χ2v) is 7.55. The standard InChI is InChI=1S/C13H19ClN2O2S/c1-9-6-7-16(8-10(9)2)19(17,18)13-11(14)4-3-5-12(13)15/h3-5,9-10H,6-8,15H2,1-2H3. The van der Waals surface area contributed by atoms with Crippen molar-refractivity contribution >= 4 is 27.3 Å². The second kappa shape index (κ2) is 5.31. The average molecular weight is 303 g/mol. The van der Waals surface area contributed by atoms with Crippen LogP contribution in [-0.4, -0.2) is 25.8 Å². The Morgan fingerprint density at radius 3 is 2.58 bits per heavy atom. The molecule has 6 heteroatoms.